The lowest BCUT2D eigenvalue weighted by atomic mass is 10.1. The Balaban J connectivity index is 1.66. The molecule has 0 spiro atoms. The fourth-order valence-corrected chi connectivity index (χ4v) is 3.53. The summed E-state index contributed by atoms with van der Waals surface area (Å²) in [7, 11) is 0. The molecule has 0 aromatic heterocycles. The summed E-state index contributed by atoms with van der Waals surface area (Å²) in [5.74, 6) is 0.0498. The lowest BCUT2D eigenvalue weighted by Gasteiger charge is -2.16. The van der Waals surface area contributed by atoms with Crippen LogP contribution in [0.5, 0.6) is 0 Å². The van der Waals surface area contributed by atoms with Gasteiger partial charge in [0.05, 0.1) is 17.1 Å². The number of anilines is 2. The molecule has 2 aromatic rings. The normalized spacial score (nSPS) is 14.0. The van der Waals surface area contributed by atoms with E-state index in [9.17, 15) is 9.59 Å². The number of amides is 2. The third-order valence-electron chi connectivity index (χ3n) is 4.38. The van der Waals surface area contributed by atoms with Gasteiger partial charge < -0.3 is 10.2 Å². The largest absolute Gasteiger partial charge is 0.324 e. The monoisotopic (exact) mass is 356 g/mol. The van der Waals surface area contributed by atoms with Crippen LogP contribution in [-0.4, -0.2) is 18.4 Å². The van der Waals surface area contributed by atoms with Crippen molar-refractivity contribution in [3.63, 3.8) is 0 Å². The predicted octanol–water partition coefficient (Wildman–Crippen LogP) is 4.26. The highest BCUT2D eigenvalue weighted by molar-refractivity contribution is 6.34. The number of rotatable bonds is 4. The average Bonchev–Trinajstić information content (AvgIpc) is 2.98. The number of hydrogen-bond donors (Lipinski definition) is 1. The van der Waals surface area contributed by atoms with Crippen LogP contribution in [-0.2, 0) is 16.0 Å². The van der Waals surface area contributed by atoms with Crippen molar-refractivity contribution in [1.82, 2.24) is 0 Å². The Morgan fingerprint density at radius 2 is 1.92 bits per heavy atom. The van der Waals surface area contributed by atoms with E-state index in [-0.39, 0.29) is 18.2 Å². The number of nitrogens with one attached hydrogen (secondary N) is 1. The van der Waals surface area contributed by atoms with Gasteiger partial charge in [-0.15, -0.1) is 0 Å². The second kappa shape index (κ2) is 7.28. The van der Waals surface area contributed by atoms with E-state index >= 15 is 0 Å². The van der Waals surface area contributed by atoms with Gasteiger partial charge in [0.15, 0.2) is 0 Å². The molecule has 1 heterocycles. The molecule has 0 saturated carbocycles. The van der Waals surface area contributed by atoms with Crippen molar-refractivity contribution in [2.24, 2.45) is 0 Å². The van der Waals surface area contributed by atoms with Crippen LogP contribution in [0.3, 0.4) is 0 Å². The number of aryl methyl sites for hydroxylation is 2. The first kappa shape index (κ1) is 17.5. The third-order valence-corrected chi connectivity index (χ3v) is 4.68. The molecule has 130 valence electrons. The summed E-state index contributed by atoms with van der Waals surface area (Å²) in [5, 5.41) is 3.45. The van der Waals surface area contributed by atoms with Crippen molar-refractivity contribution in [3.8, 4) is 0 Å². The zero-order valence-electron chi connectivity index (χ0n) is 14.4. The van der Waals surface area contributed by atoms with Crippen LogP contribution in [0, 0.1) is 13.8 Å². The Labute approximate surface area is 152 Å². The van der Waals surface area contributed by atoms with Crippen LogP contribution >= 0.6 is 11.6 Å². The molecule has 5 heteroatoms. The predicted molar refractivity (Wildman–Crippen MR) is 101 cm³/mol. The number of benzene rings is 2. The van der Waals surface area contributed by atoms with E-state index in [2.05, 4.69) is 5.32 Å². The molecule has 1 saturated heterocycles. The SMILES string of the molecule is Cc1cc(C)c(NC(=O)Cc2ccc(N3CCCC3=O)cc2)c(Cl)c1. The highest BCUT2D eigenvalue weighted by atomic mass is 35.5. The van der Waals surface area contributed by atoms with E-state index < -0.39 is 0 Å². The minimum absolute atomic E-state index is 0.112. The summed E-state index contributed by atoms with van der Waals surface area (Å²) < 4.78 is 0. The summed E-state index contributed by atoms with van der Waals surface area (Å²) in [6.07, 6.45) is 1.78. The quantitative estimate of drug-likeness (QED) is 0.889. The van der Waals surface area contributed by atoms with Crippen molar-refractivity contribution in [2.45, 2.75) is 33.1 Å². The Bertz CT molecular complexity index is 792. The van der Waals surface area contributed by atoms with Crippen molar-refractivity contribution in [3.05, 3.63) is 58.1 Å². The zero-order chi connectivity index (χ0) is 18.0. The molecular formula is C20H21ClN2O2. The number of carbonyl (C=O) groups is 2. The lowest BCUT2D eigenvalue weighted by molar-refractivity contribution is -0.117. The van der Waals surface area contributed by atoms with E-state index in [1.165, 1.54) is 0 Å². The maximum absolute atomic E-state index is 12.3. The van der Waals surface area contributed by atoms with Gasteiger partial charge in [0.1, 0.15) is 0 Å². The standard InChI is InChI=1S/C20H21ClN2O2/c1-13-10-14(2)20(17(21)11-13)22-18(24)12-15-5-7-16(8-6-15)23-9-3-4-19(23)25/h5-8,10-11H,3-4,9,12H2,1-2H3,(H,22,24). The number of nitrogens with zero attached hydrogens (tertiary/aromatic N) is 1. The molecule has 0 atom stereocenters. The van der Waals surface area contributed by atoms with Gasteiger partial charge in [0, 0.05) is 18.7 Å². The molecule has 4 nitrogen and oxygen atoms in total. The first-order valence-corrected chi connectivity index (χ1v) is 8.78. The molecule has 0 bridgehead atoms. The molecule has 2 amide bonds. The average molecular weight is 357 g/mol. The van der Waals surface area contributed by atoms with E-state index in [1.807, 2.05) is 50.2 Å². The number of carbonyl (C=O) groups excluding carboxylic acids is 2. The van der Waals surface area contributed by atoms with Crippen LogP contribution in [0.25, 0.3) is 0 Å². The third kappa shape index (κ3) is 4.02. The fraction of sp³-hybridized carbons (Fsp3) is 0.300. The fourth-order valence-electron chi connectivity index (χ4n) is 3.16. The van der Waals surface area contributed by atoms with Gasteiger partial charge in [0.25, 0.3) is 0 Å². The maximum Gasteiger partial charge on any atom is 0.228 e. The summed E-state index contributed by atoms with van der Waals surface area (Å²) >= 11 is 6.24. The lowest BCUT2D eigenvalue weighted by Crippen LogP contribution is -2.23. The first-order valence-electron chi connectivity index (χ1n) is 8.40. The molecule has 0 unspecified atom stereocenters. The summed E-state index contributed by atoms with van der Waals surface area (Å²) in [5.41, 5.74) is 4.46. The summed E-state index contributed by atoms with van der Waals surface area (Å²) in [6.45, 7) is 4.66. The van der Waals surface area contributed by atoms with Crippen LogP contribution in [0.4, 0.5) is 11.4 Å². The minimum Gasteiger partial charge on any atom is -0.324 e. The zero-order valence-corrected chi connectivity index (χ0v) is 15.2. The second-order valence-electron chi connectivity index (χ2n) is 6.48. The van der Waals surface area contributed by atoms with Crippen molar-refractivity contribution in [2.75, 3.05) is 16.8 Å². The summed E-state index contributed by atoms with van der Waals surface area (Å²) in [6, 6.07) is 11.4. The van der Waals surface area contributed by atoms with E-state index in [4.69, 9.17) is 11.6 Å². The highest BCUT2D eigenvalue weighted by Crippen LogP contribution is 2.27. The molecule has 1 aliphatic rings. The summed E-state index contributed by atoms with van der Waals surface area (Å²) in [4.78, 5) is 25.9. The molecule has 1 N–H and O–H groups in total. The van der Waals surface area contributed by atoms with Gasteiger partial charge in [-0.3, -0.25) is 9.59 Å². The topological polar surface area (TPSA) is 49.4 Å². The van der Waals surface area contributed by atoms with Crippen molar-refractivity contribution in [1.29, 1.82) is 0 Å². The van der Waals surface area contributed by atoms with Gasteiger partial charge in [-0.05, 0) is 55.2 Å². The minimum atomic E-state index is -0.112. The maximum atomic E-state index is 12.3. The molecule has 1 aliphatic heterocycles. The second-order valence-corrected chi connectivity index (χ2v) is 6.89. The Hall–Kier alpha value is -2.33. The first-order chi connectivity index (χ1) is 11.9. The van der Waals surface area contributed by atoms with E-state index in [1.54, 1.807) is 4.90 Å². The van der Waals surface area contributed by atoms with Crippen molar-refractivity contribution < 1.29 is 9.59 Å². The van der Waals surface area contributed by atoms with Crippen LogP contribution in [0.15, 0.2) is 36.4 Å². The van der Waals surface area contributed by atoms with Gasteiger partial charge in [0.2, 0.25) is 11.8 Å². The Morgan fingerprint density at radius 1 is 1.20 bits per heavy atom. The van der Waals surface area contributed by atoms with Gasteiger partial charge in [-0.1, -0.05) is 29.8 Å². The van der Waals surface area contributed by atoms with E-state index in [0.29, 0.717) is 17.1 Å². The van der Waals surface area contributed by atoms with Gasteiger partial charge in [-0.2, -0.15) is 0 Å². The van der Waals surface area contributed by atoms with Gasteiger partial charge >= 0.3 is 0 Å². The molecule has 2 aromatic carbocycles. The molecule has 25 heavy (non-hydrogen) atoms. The highest BCUT2D eigenvalue weighted by Gasteiger charge is 2.21. The smallest absolute Gasteiger partial charge is 0.228 e. The molecule has 0 radical (unpaired) electrons. The Morgan fingerprint density at radius 3 is 2.52 bits per heavy atom. The Kier molecular flexibility index (Phi) is 5.09. The molecule has 0 aliphatic carbocycles. The number of hydrogen-bond acceptors (Lipinski definition) is 2. The molecule has 1 fully saturated rings. The van der Waals surface area contributed by atoms with Crippen LogP contribution in [0.1, 0.15) is 29.5 Å². The van der Waals surface area contributed by atoms with Crippen molar-refractivity contribution >= 4 is 34.8 Å². The van der Waals surface area contributed by atoms with E-state index in [0.717, 1.165) is 35.3 Å². The molecular weight excluding hydrogens is 336 g/mol. The van der Waals surface area contributed by atoms with Crippen LogP contribution in [0.2, 0.25) is 5.02 Å². The van der Waals surface area contributed by atoms with Gasteiger partial charge in [-0.25, -0.2) is 0 Å². The number of halogens is 1. The molecule has 3 rings (SSSR count). The van der Waals surface area contributed by atoms with Crippen LogP contribution < -0.4 is 10.2 Å².